The lowest BCUT2D eigenvalue weighted by Gasteiger charge is -2.21. The van der Waals surface area contributed by atoms with Crippen LogP contribution in [0.15, 0.2) is 48.5 Å². The van der Waals surface area contributed by atoms with Crippen LogP contribution in [-0.4, -0.2) is 13.2 Å². The van der Waals surface area contributed by atoms with Gasteiger partial charge in [0.15, 0.2) is 0 Å². The van der Waals surface area contributed by atoms with E-state index in [0.29, 0.717) is 0 Å². The number of hydrogen-bond acceptors (Lipinski definition) is 2. The summed E-state index contributed by atoms with van der Waals surface area (Å²) >= 11 is 0. The van der Waals surface area contributed by atoms with Gasteiger partial charge in [0.05, 0.1) is 5.69 Å². The molecule has 0 atom stereocenters. The number of para-hydroxylation sites is 1. The highest BCUT2D eigenvalue weighted by molar-refractivity contribution is 5.78. The van der Waals surface area contributed by atoms with Crippen molar-refractivity contribution in [3.05, 3.63) is 48.5 Å². The average molecular weight is 211 g/mol. The molecule has 0 bridgehead atoms. The van der Waals surface area contributed by atoms with Gasteiger partial charge in [0.25, 0.3) is 0 Å². The quantitative estimate of drug-likeness (QED) is 0.782. The number of nitrogens with one attached hydrogen (secondary N) is 1. The van der Waals surface area contributed by atoms with Crippen LogP contribution in [0.3, 0.4) is 0 Å². The first-order valence-electron chi connectivity index (χ1n) is 5.50. The van der Waals surface area contributed by atoms with E-state index in [-0.39, 0.29) is 0 Å². The molecule has 1 N–H and O–H groups in total. The molecule has 0 aliphatic carbocycles. The van der Waals surface area contributed by atoms with Gasteiger partial charge in [-0.2, -0.15) is 0 Å². The zero-order chi connectivity index (χ0) is 10.8. The fourth-order valence-corrected chi connectivity index (χ4v) is 2.02. The molecule has 1 aliphatic heterocycles. The fraction of sp³-hybridized carbons (Fsp3) is 0.143. The summed E-state index contributed by atoms with van der Waals surface area (Å²) in [5, 5.41) is 3.35. The van der Waals surface area contributed by atoms with E-state index < -0.39 is 0 Å². The summed E-state index contributed by atoms with van der Waals surface area (Å²) in [6, 6.07) is 16.5. The van der Waals surface area contributed by atoms with Crippen molar-refractivity contribution < 1.29 is 4.74 Å². The lowest BCUT2D eigenvalue weighted by Crippen LogP contribution is -2.18. The molecule has 0 radical (unpaired) electrons. The number of fused-ring (bicyclic) bond motifs is 1. The topological polar surface area (TPSA) is 21.3 Å². The largest absolute Gasteiger partial charge is 0.489 e. The maximum atomic E-state index is 5.75. The summed E-state index contributed by atoms with van der Waals surface area (Å²) in [5.41, 5.74) is 3.45. The second-order valence-corrected chi connectivity index (χ2v) is 3.82. The van der Waals surface area contributed by atoms with Gasteiger partial charge in [-0.15, -0.1) is 0 Å². The van der Waals surface area contributed by atoms with Crippen LogP contribution >= 0.6 is 0 Å². The molecule has 80 valence electrons. The Kier molecular flexibility index (Phi) is 2.26. The number of benzene rings is 2. The monoisotopic (exact) mass is 211 g/mol. The first-order valence-corrected chi connectivity index (χ1v) is 5.50. The number of hydrogen-bond donors (Lipinski definition) is 1. The van der Waals surface area contributed by atoms with Gasteiger partial charge in [-0.05, 0) is 11.6 Å². The minimum absolute atomic E-state index is 0.733. The van der Waals surface area contributed by atoms with Crippen LogP contribution in [0.25, 0.3) is 11.1 Å². The molecular weight excluding hydrogens is 198 g/mol. The fourth-order valence-electron chi connectivity index (χ4n) is 2.02. The van der Waals surface area contributed by atoms with Gasteiger partial charge in [0.1, 0.15) is 12.4 Å². The van der Waals surface area contributed by atoms with Crippen molar-refractivity contribution >= 4 is 5.69 Å². The summed E-state index contributed by atoms with van der Waals surface area (Å²) in [4.78, 5) is 0. The Morgan fingerprint density at radius 1 is 0.938 bits per heavy atom. The van der Waals surface area contributed by atoms with Crippen molar-refractivity contribution in [1.29, 1.82) is 0 Å². The first-order chi connectivity index (χ1) is 7.95. The van der Waals surface area contributed by atoms with Crippen LogP contribution in [0.1, 0.15) is 0 Å². The number of ether oxygens (including phenoxy) is 1. The Bertz CT molecular complexity index is 493. The molecule has 0 fully saturated rings. The molecule has 2 aromatic rings. The van der Waals surface area contributed by atoms with Gasteiger partial charge in [0.2, 0.25) is 0 Å². The average Bonchev–Trinajstić information content (AvgIpc) is 2.39. The van der Waals surface area contributed by atoms with Crippen LogP contribution < -0.4 is 10.1 Å². The van der Waals surface area contributed by atoms with E-state index in [1.165, 1.54) is 5.56 Å². The lowest BCUT2D eigenvalue weighted by molar-refractivity contribution is 0.324. The second-order valence-electron chi connectivity index (χ2n) is 3.82. The minimum atomic E-state index is 0.733. The van der Waals surface area contributed by atoms with Gasteiger partial charge < -0.3 is 10.1 Å². The molecule has 1 heterocycles. The van der Waals surface area contributed by atoms with E-state index in [1.807, 2.05) is 18.2 Å². The summed E-state index contributed by atoms with van der Waals surface area (Å²) in [7, 11) is 0. The van der Waals surface area contributed by atoms with Crippen LogP contribution in [0.2, 0.25) is 0 Å². The maximum absolute atomic E-state index is 5.75. The Hall–Kier alpha value is -1.96. The van der Waals surface area contributed by atoms with Crippen molar-refractivity contribution in [3.8, 4) is 16.9 Å². The Morgan fingerprint density at radius 3 is 2.69 bits per heavy atom. The first kappa shape index (κ1) is 9.28. The number of rotatable bonds is 1. The van der Waals surface area contributed by atoms with E-state index in [0.717, 1.165) is 30.2 Å². The molecule has 2 aromatic carbocycles. The molecule has 0 spiro atoms. The van der Waals surface area contributed by atoms with E-state index in [9.17, 15) is 0 Å². The SMILES string of the molecule is c1ccc(-c2cccc3c2OCCN3)cc1. The van der Waals surface area contributed by atoms with Gasteiger partial charge in [-0.1, -0.05) is 42.5 Å². The van der Waals surface area contributed by atoms with E-state index in [4.69, 9.17) is 4.74 Å². The van der Waals surface area contributed by atoms with E-state index >= 15 is 0 Å². The maximum Gasteiger partial charge on any atom is 0.150 e. The van der Waals surface area contributed by atoms with Crippen molar-refractivity contribution in [2.24, 2.45) is 0 Å². The van der Waals surface area contributed by atoms with Crippen LogP contribution in [0.4, 0.5) is 5.69 Å². The zero-order valence-electron chi connectivity index (χ0n) is 8.94. The minimum Gasteiger partial charge on any atom is -0.489 e. The van der Waals surface area contributed by atoms with Crippen molar-refractivity contribution in [3.63, 3.8) is 0 Å². The normalized spacial score (nSPS) is 13.5. The van der Waals surface area contributed by atoms with Gasteiger partial charge in [-0.3, -0.25) is 0 Å². The molecule has 2 heteroatoms. The van der Waals surface area contributed by atoms with Gasteiger partial charge >= 0.3 is 0 Å². The molecule has 0 aromatic heterocycles. The smallest absolute Gasteiger partial charge is 0.150 e. The molecule has 0 unspecified atom stereocenters. The van der Waals surface area contributed by atoms with E-state index in [2.05, 4.69) is 35.6 Å². The molecule has 0 saturated heterocycles. The molecule has 16 heavy (non-hydrogen) atoms. The third-order valence-corrected chi connectivity index (χ3v) is 2.76. The highest BCUT2D eigenvalue weighted by Gasteiger charge is 2.14. The third kappa shape index (κ3) is 1.52. The molecule has 1 aliphatic rings. The summed E-state index contributed by atoms with van der Waals surface area (Å²) in [6.45, 7) is 1.61. The summed E-state index contributed by atoms with van der Waals surface area (Å²) < 4.78 is 5.75. The van der Waals surface area contributed by atoms with Crippen molar-refractivity contribution in [2.45, 2.75) is 0 Å². The van der Waals surface area contributed by atoms with Crippen LogP contribution in [-0.2, 0) is 0 Å². The van der Waals surface area contributed by atoms with Crippen molar-refractivity contribution in [2.75, 3.05) is 18.5 Å². The third-order valence-electron chi connectivity index (χ3n) is 2.76. The number of anilines is 1. The molecule has 2 nitrogen and oxygen atoms in total. The summed E-state index contributed by atoms with van der Waals surface area (Å²) in [6.07, 6.45) is 0. The highest BCUT2D eigenvalue weighted by Crippen LogP contribution is 2.37. The predicted octanol–water partition coefficient (Wildman–Crippen LogP) is 3.16. The van der Waals surface area contributed by atoms with Gasteiger partial charge in [0, 0.05) is 12.1 Å². The molecular formula is C14H13NO. The van der Waals surface area contributed by atoms with Crippen molar-refractivity contribution in [1.82, 2.24) is 0 Å². The Morgan fingerprint density at radius 2 is 1.81 bits per heavy atom. The van der Waals surface area contributed by atoms with E-state index in [1.54, 1.807) is 0 Å². The molecule has 0 saturated carbocycles. The lowest BCUT2D eigenvalue weighted by atomic mass is 10.0. The molecule has 3 rings (SSSR count). The molecule has 0 amide bonds. The standard InChI is InChI=1S/C14H13NO/c1-2-5-11(6-3-1)12-7-4-8-13-14(12)16-10-9-15-13/h1-8,15H,9-10H2. The predicted molar refractivity (Wildman–Crippen MR) is 65.9 cm³/mol. The Labute approximate surface area is 94.9 Å². The second kappa shape index (κ2) is 3.89. The summed E-state index contributed by atoms with van der Waals surface area (Å²) in [5.74, 6) is 0.972. The Balaban J connectivity index is 2.14. The zero-order valence-corrected chi connectivity index (χ0v) is 8.94. The van der Waals surface area contributed by atoms with Crippen LogP contribution in [0, 0.1) is 0 Å². The highest BCUT2D eigenvalue weighted by atomic mass is 16.5. The van der Waals surface area contributed by atoms with Crippen LogP contribution in [0.5, 0.6) is 5.75 Å². The van der Waals surface area contributed by atoms with Gasteiger partial charge in [-0.25, -0.2) is 0 Å².